The third-order valence-electron chi connectivity index (χ3n) is 3.02. The summed E-state index contributed by atoms with van der Waals surface area (Å²) in [6.45, 7) is 0. The topological polar surface area (TPSA) is 54.0 Å². The minimum absolute atomic E-state index is 0.0285. The minimum Gasteiger partial charge on any atom is -0.373 e. The summed E-state index contributed by atoms with van der Waals surface area (Å²) in [4.78, 5) is 16.1. The molecule has 4 heteroatoms. The van der Waals surface area contributed by atoms with E-state index in [1.807, 2.05) is 30.3 Å². The smallest absolute Gasteiger partial charge is 0.247 e. The maximum Gasteiger partial charge on any atom is 0.247 e. The van der Waals surface area contributed by atoms with Crippen molar-refractivity contribution < 1.29 is 4.79 Å². The van der Waals surface area contributed by atoms with E-state index in [0.717, 1.165) is 17.8 Å². The van der Waals surface area contributed by atoms with Crippen molar-refractivity contribution in [2.24, 2.45) is 0 Å². The second-order valence-corrected chi connectivity index (χ2v) is 4.29. The molecule has 1 amide bonds. The third-order valence-corrected chi connectivity index (χ3v) is 3.02. The summed E-state index contributed by atoms with van der Waals surface area (Å²) in [6.07, 6.45) is 4.04. The molecule has 90 valence electrons. The molecule has 1 aromatic heterocycles. The second kappa shape index (κ2) is 4.49. The number of nitrogens with one attached hydrogen (secondary N) is 2. The predicted octanol–water partition coefficient (Wildman–Crippen LogP) is 2.06. The summed E-state index contributed by atoms with van der Waals surface area (Å²) in [5, 5.41) is 6.08. The monoisotopic (exact) mass is 239 g/mol. The van der Waals surface area contributed by atoms with Crippen molar-refractivity contribution in [1.82, 2.24) is 4.98 Å². The van der Waals surface area contributed by atoms with Crippen molar-refractivity contribution in [2.45, 2.75) is 12.5 Å². The molecule has 4 nitrogen and oxygen atoms in total. The normalized spacial score (nSPS) is 16.8. The Kier molecular flexibility index (Phi) is 2.68. The highest BCUT2D eigenvalue weighted by atomic mass is 16.2. The number of carbonyl (C=O) groups excluding carboxylic acids is 1. The van der Waals surface area contributed by atoms with Crippen molar-refractivity contribution in [3.8, 4) is 0 Å². The first-order valence-electron chi connectivity index (χ1n) is 5.88. The van der Waals surface area contributed by atoms with Gasteiger partial charge in [0, 0.05) is 18.3 Å². The highest BCUT2D eigenvalue weighted by Gasteiger charge is 2.26. The lowest BCUT2D eigenvalue weighted by Gasteiger charge is -2.11. The van der Waals surface area contributed by atoms with Gasteiger partial charge in [0.25, 0.3) is 0 Å². The predicted molar refractivity (Wildman–Crippen MR) is 70.4 cm³/mol. The molecule has 18 heavy (non-hydrogen) atoms. The molecule has 2 heterocycles. The Labute approximate surface area is 105 Å². The van der Waals surface area contributed by atoms with Gasteiger partial charge in [0.15, 0.2) is 0 Å². The SMILES string of the molecule is O=C(Nc1cccnc1)C1Cc2ccccc2N1. The maximum atomic E-state index is 12.1. The first-order chi connectivity index (χ1) is 8.83. The minimum atomic E-state index is -0.206. The van der Waals surface area contributed by atoms with Gasteiger partial charge in [-0.1, -0.05) is 18.2 Å². The van der Waals surface area contributed by atoms with Crippen LogP contribution in [0.2, 0.25) is 0 Å². The first-order valence-corrected chi connectivity index (χ1v) is 5.88. The Morgan fingerprint density at radius 1 is 1.28 bits per heavy atom. The summed E-state index contributed by atoms with van der Waals surface area (Å²) in [7, 11) is 0. The lowest BCUT2D eigenvalue weighted by Crippen LogP contribution is -2.32. The first kappa shape index (κ1) is 10.8. The number of rotatable bonds is 2. The Morgan fingerprint density at radius 3 is 2.94 bits per heavy atom. The van der Waals surface area contributed by atoms with Crippen LogP contribution in [0.3, 0.4) is 0 Å². The lowest BCUT2D eigenvalue weighted by molar-refractivity contribution is -0.116. The molecule has 0 aliphatic carbocycles. The van der Waals surface area contributed by atoms with Crippen LogP contribution in [0.25, 0.3) is 0 Å². The number of para-hydroxylation sites is 1. The maximum absolute atomic E-state index is 12.1. The number of carbonyl (C=O) groups is 1. The molecule has 1 aliphatic rings. The highest BCUT2D eigenvalue weighted by molar-refractivity contribution is 5.97. The molecule has 0 saturated carbocycles. The zero-order valence-corrected chi connectivity index (χ0v) is 9.76. The summed E-state index contributed by atoms with van der Waals surface area (Å²) in [5.74, 6) is -0.0285. The molecule has 1 aromatic carbocycles. The van der Waals surface area contributed by atoms with Gasteiger partial charge in [-0.15, -0.1) is 0 Å². The molecule has 2 aromatic rings. The molecule has 0 bridgehead atoms. The molecule has 0 spiro atoms. The molecule has 0 saturated heterocycles. The number of aromatic nitrogens is 1. The Balaban J connectivity index is 1.70. The van der Waals surface area contributed by atoms with Crippen LogP contribution in [0, 0.1) is 0 Å². The average Bonchev–Trinajstić information content (AvgIpc) is 2.84. The van der Waals surface area contributed by atoms with E-state index in [9.17, 15) is 4.79 Å². The second-order valence-electron chi connectivity index (χ2n) is 4.29. The third kappa shape index (κ3) is 2.05. The van der Waals surface area contributed by atoms with Crippen LogP contribution < -0.4 is 10.6 Å². The fraction of sp³-hybridized carbons (Fsp3) is 0.143. The number of pyridine rings is 1. The molecule has 0 fully saturated rings. The van der Waals surface area contributed by atoms with Gasteiger partial charge in [0.05, 0.1) is 11.9 Å². The largest absolute Gasteiger partial charge is 0.373 e. The quantitative estimate of drug-likeness (QED) is 0.843. The van der Waals surface area contributed by atoms with E-state index >= 15 is 0 Å². The molecule has 3 rings (SSSR count). The van der Waals surface area contributed by atoms with E-state index in [2.05, 4.69) is 15.6 Å². The molecule has 1 atom stereocenters. The van der Waals surface area contributed by atoms with Crippen LogP contribution in [0.5, 0.6) is 0 Å². The Morgan fingerprint density at radius 2 is 2.17 bits per heavy atom. The van der Waals surface area contributed by atoms with Gasteiger partial charge >= 0.3 is 0 Å². The van der Waals surface area contributed by atoms with Crippen molar-refractivity contribution >= 4 is 17.3 Å². The van der Waals surface area contributed by atoms with Crippen LogP contribution in [0.1, 0.15) is 5.56 Å². The molecular weight excluding hydrogens is 226 g/mol. The van der Waals surface area contributed by atoms with Crippen molar-refractivity contribution in [2.75, 3.05) is 10.6 Å². The summed E-state index contributed by atoms with van der Waals surface area (Å²) >= 11 is 0. The van der Waals surface area contributed by atoms with Crippen LogP contribution in [-0.4, -0.2) is 16.9 Å². The lowest BCUT2D eigenvalue weighted by atomic mass is 10.1. The van der Waals surface area contributed by atoms with Gasteiger partial charge in [0.1, 0.15) is 6.04 Å². The average molecular weight is 239 g/mol. The number of amides is 1. The molecule has 1 aliphatic heterocycles. The van der Waals surface area contributed by atoms with Crippen molar-refractivity contribution in [3.05, 3.63) is 54.4 Å². The summed E-state index contributed by atoms with van der Waals surface area (Å²) < 4.78 is 0. The highest BCUT2D eigenvalue weighted by Crippen LogP contribution is 2.25. The molecule has 1 unspecified atom stereocenters. The van der Waals surface area contributed by atoms with Crippen LogP contribution >= 0.6 is 0 Å². The number of hydrogen-bond acceptors (Lipinski definition) is 3. The van der Waals surface area contributed by atoms with Gasteiger partial charge in [-0.3, -0.25) is 9.78 Å². The number of fused-ring (bicyclic) bond motifs is 1. The fourth-order valence-corrected chi connectivity index (χ4v) is 2.12. The standard InChI is InChI=1S/C14H13N3O/c18-14(16-11-5-3-7-15-9-11)13-8-10-4-1-2-6-12(10)17-13/h1-7,9,13,17H,8H2,(H,16,18). The van der Waals surface area contributed by atoms with Gasteiger partial charge in [-0.05, 0) is 23.8 Å². The van der Waals surface area contributed by atoms with Crippen molar-refractivity contribution in [3.63, 3.8) is 0 Å². The van der Waals surface area contributed by atoms with Gasteiger partial charge in [0.2, 0.25) is 5.91 Å². The Hall–Kier alpha value is -2.36. The zero-order valence-electron chi connectivity index (χ0n) is 9.76. The van der Waals surface area contributed by atoms with Crippen LogP contribution in [0.15, 0.2) is 48.8 Å². The van der Waals surface area contributed by atoms with Crippen LogP contribution in [0.4, 0.5) is 11.4 Å². The van der Waals surface area contributed by atoms with Gasteiger partial charge in [-0.25, -0.2) is 0 Å². The fourth-order valence-electron chi connectivity index (χ4n) is 2.12. The number of nitrogens with zero attached hydrogens (tertiary/aromatic N) is 1. The van der Waals surface area contributed by atoms with Crippen LogP contribution in [-0.2, 0) is 11.2 Å². The van der Waals surface area contributed by atoms with E-state index in [4.69, 9.17) is 0 Å². The van der Waals surface area contributed by atoms with Crippen molar-refractivity contribution in [1.29, 1.82) is 0 Å². The van der Waals surface area contributed by atoms with E-state index in [1.165, 1.54) is 5.56 Å². The van der Waals surface area contributed by atoms with Gasteiger partial charge in [-0.2, -0.15) is 0 Å². The number of hydrogen-bond donors (Lipinski definition) is 2. The zero-order chi connectivity index (χ0) is 12.4. The summed E-state index contributed by atoms with van der Waals surface area (Å²) in [6, 6.07) is 11.4. The molecule has 2 N–H and O–H groups in total. The molecule has 0 radical (unpaired) electrons. The van der Waals surface area contributed by atoms with E-state index in [1.54, 1.807) is 18.5 Å². The number of benzene rings is 1. The van der Waals surface area contributed by atoms with E-state index in [0.29, 0.717) is 0 Å². The Bertz CT molecular complexity index is 543. The van der Waals surface area contributed by atoms with E-state index < -0.39 is 0 Å². The van der Waals surface area contributed by atoms with Gasteiger partial charge < -0.3 is 10.6 Å². The summed E-state index contributed by atoms with van der Waals surface area (Å²) in [5.41, 5.74) is 2.95. The van der Waals surface area contributed by atoms with E-state index in [-0.39, 0.29) is 11.9 Å². The molecular formula is C14H13N3O. The number of anilines is 2.